The van der Waals surface area contributed by atoms with Crippen LogP contribution < -0.4 is 0 Å². The van der Waals surface area contributed by atoms with Gasteiger partial charge in [0.05, 0.1) is 6.61 Å². The normalized spacial score (nSPS) is 11.9. The van der Waals surface area contributed by atoms with Gasteiger partial charge in [-0.1, -0.05) is 160 Å². The van der Waals surface area contributed by atoms with Gasteiger partial charge >= 0.3 is 11.9 Å². The lowest BCUT2D eigenvalue weighted by Crippen LogP contribution is -2.28. The van der Waals surface area contributed by atoms with Crippen molar-refractivity contribution in [2.75, 3.05) is 19.0 Å². The number of carbonyl (C=O) groups is 3. The fourth-order valence-electron chi connectivity index (χ4n) is 5.27. The van der Waals surface area contributed by atoms with E-state index < -0.39 is 6.10 Å². The van der Waals surface area contributed by atoms with Crippen molar-refractivity contribution < 1.29 is 29.0 Å². The number of rotatable bonds is 33. The Kier molecular flexibility index (Phi) is 33.0. The van der Waals surface area contributed by atoms with Crippen LogP contribution >= 0.6 is 11.8 Å². The highest BCUT2D eigenvalue weighted by molar-refractivity contribution is 8.13. The molecule has 0 aromatic rings. The van der Waals surface area contributed by atoms with Crippen molar-refractivity contribution in [1.29, 1.82) is 0 Å². The average Bonchev–Trinajstić information content (AvgIpc) is 2.99. The van der Waals surface area contributed by atoms with Gasteiger partial charge in [-0.2, -0.15) is 0 Å². The van der Waals surface area contributed by atoms with Gasteiger partial charge in [0.25, 0.3) is 0 Å². The molecule has 0 fully saturated rings. The van der Waals surface area contributed by atoms with Crippen molar-refractivity contribution in [3.63, 3.8) is 0 Å². The van der Waals surface area contributed by atoms with E-state index in [1.165, 1.54) is 127 Å². The van der Waals surface area contributed by atoms with Crippen LogP contribution in [0.2, 0.25) is 0 Å². The minimum absolute atomic E-state index is 0.0710. The second-order valence-electron chi connectivity index (χ2n) is 12.3. The second-order valence-corrected chi connectivity index (χ2v) is 13.6. The molecule has 0 aromatic carbocycles. The van der Waals surface area contributed by atoms with Gasteiger partial charge in [-0.25, -0.2) is 0 Å². The summed E-state index contributed by atoms with van der Waals surface area (Å²) in [5, 5.41) is 9.74. The standard InChI is InChI=1S/C36H68O6S/c1-3-4-5-6-7-8-9-13-17-20-23-26-29-36(40)42-34(31-37)32-41-35(39)28-25-22-19-16-14-11-10-12-15-18-21-24-27-30-43-33(2)38/h34,37H,3-32H2,1-2H3/t34-/m1/s1. The monoisotopic (exact) mass is 628 g/mol. The van der Waals surface area contributed by atoms with E-state index in [9.17, 15) is 19.5 Å². The van der Waals surface area contributed by atoms with Gasteiger partial charge < -0.3 is 14.6 Å². The van der Waals surface area contributed by atoms with Crippen molar-refractivity contribution in [3.8, 4) is 0 Å². The number of hydrogen-bond acceptors (Lipinski definition) is 7. The molecule has 0 aliphatic rings. The third kappa shape index (κ3) is 33.6. The largest absolute Gasteiger partial charge is 0.462 e. The Hall–Kier alpha value is -1.08. The molecule has 254 valence electrons. The van der Waals surface area contributed by atoms with Gasteiger partial charge in [0, 0.05) is 25.5 Å². The molecular formula is C36H68O6S. The van der Waals surface area contributed by atoms with Crippen molar-refractivity contribution in [1.82, 2.24) is 0 Å². The number of aliphatic hydroxyl groups excluding tert-OH is 1. The molecule has 7 heteroatoms. The summed E-state index contributed by atoms with van der Waals surface area (Å²) < 4.78 is 10.6. The molecule has 0 amide bonds. The number of hydrogen-bond donors (Lipinski definition) is 1. The van der Waals surface area contributed by atoms with Crippen LogP contribution in [0.4, 0.5) is 0 Å². The first-order valence-electron chi connectivity index (χ1n) is 18.1. The number of esters is 2. The summed E-state index contributed by atoms with van der Waals surface area (Å²) >= 11 is 1.44. The lowest BCUT2D eigenvalue weighted by Gasteiger charge is -2.15. The lowest BCUT2D eigenvalue weighted by molar-refractivity contribution is -0.161. The van der Waals surface area contributed by atoms with Crippen molar-refractivity contribution >= 4 is 28.8 Å². The van der Waals surface area contributed by atoms with Crippen LogP contribution in [0.5, 0.6) is 0 Å². The fourth-order valence-corrected chi connectivity index (χ4v) is 5.90. The molecule has 0 heterocycles. The zero-order valence-corrected chi connectivity index (χ0v) is 29.0. The molecule has 6 nitrogen and oxygen atoms in total. The number of ether oxygens (including phenoxy) is 2. The summed E-state index contributed by atoms with van der Waals surface area (Å²) in [5.74, 6) is 0.365. The van der Waals surface area contributed by atoms with Crippen molar-refractivity contribution in [3.05, 3.63) is 0 Å². The molecule has 0 bridgehead atoms. The van der Waals surface area contributed by atoms with E-state index in [1.807, 2.05) is 0 Å². The summed E-state index contributed by atoms with van der Waals surface area (Å²) in [7, 11) is 0. The minimum atomic E-state index is -0.773. The van der Waals surface area contributed by atoms with E-state index in [2.05, 4.69) is 6.92 Å². The Labute approximate surface area is 269 Å². The first kappa shape index (κ1) is 41.9. The van der Waals surface area contributed by atoms with Crippen LogP contribution in [0, 0.1) is 0 Å². The van der Waals surface area contributed by atoms with Gasteiger partial charge in [-0.3, -0.25) is 14.4 Å². The lowest BCUT2D eigenvalue weighted by atomic mass is 10.0. The highest BCUT2D eigenvalue weighted by Gasteiger charge is 2.16. The highest BCUT2D eigenvalue weighted by Crippen LogP contribution is 2.15. The molecule has 0 aliphatic carbocycles. The van der Waals surface area contributed by atoms with E-state index in [0.29, 0.717) is 12.8 Å². The Morgan fingerprint density at radius 3 is 1.33 bits per heavy atom. The van der Waals surface area contributed by atoms with Crippen LogP contribution in [0.15, 0.2) is 0 Å². The smallest absolute Gasteiger partial charge is 0.306 e. The van der Waals surface area contributed by atoms with E-state index >= 15 is 0 Å². The molecule has 0 rings (SSSR count). The predicted octanol–water partition coefficient (Wildman–Crippen LogP) is 10.3. The third-order valence-electron chi connectivity index (χ3n) is 8.00. The fraction of sp³-hybridized carbons (Fsp3) is 0.917. The van der Waals surface area contributed by atoms with Crippen LogP contribution in [0.3, 0.4) is 0 Å². The summed E-state index contributed by atoms with van der Waals surface area (Å²) in [6.07, 6.45) is 30.5. The zero-order chi connectivity index (χ0) is 31.6. The number of thioether (sulfide) groups is 1. The van der Waals surface area contributed by atoms with Gasteiger partial charge in [0.1, 0.15) is 6.61 Å². The molecule has 0 saturated heterocycles. The summed E-state index contributed by atoms with van der Waals surface area (Å²) in [6, 6.07) is 0. The highest BCUT2D eigenvalue weighted by atomic mass is 32.2. The molecule has 0 unspecified atom stereocenters. The second kappa shape index (κ2) is 33.8. The Morgan fingerprint density at radius 1 is 0.558 bits per heavy atom. The molecular weight excluding hydrogens is 560 g/mol. The van der Waals surface area contributed by atoms with Crippen molar-refractivity contribution in [2.45, 2.75) is 193 Å². The van der Waals surface area contributed by atoms with E-state index in [-0.39, 0.29) is 30.3 Å². The van der Waals surface area contributed by atoms with E-state index in [4.69, 9.17) is 9.47 Å². The first-order valence-corrected chi connectivity index (χ1v) is 19.1. The molecule has 1 atom stereocenters. The van der Waals surface area contributed by atoms with Gasteiger partial charge in [-0.15, -0.1) is 0 Å². The molecule has 0 spiro atoms. The van der Waals surface area contributed by atoms with Gasteiger partial charge in [0.15, 0.2) is 11.2 Å². The Balaban J connectivity index is 3.50. The molecule has 0 radical (unpaired) electrons. The van der Waals surface area contributed by atoms with Crippen LogP contribution in [-0.4, -0.2) is 47.2 Å². The van der Waals surface area contributed by atoms with E-state index in [1.54, 1.807) is 6.92 Å². The first-order chi connectivity index (χ1) is 21.0. The minimum Gasteiger partial charge on any atom is -0.462 e. The van der Waals surface area contributed by atoms with Gasteiger partial charge in [-0.05, 0) is 19.3 Å². The molecule has 43 heavy (non-hydrogen) atoms. The van der Waals surface area contributed by atoms with E-state index in [0.717, 1.165) is 50.7 Å². The maximum atomic E-state index is 12.1. The maximum Gasteiger partial charge on any atom is 0.306 e. The summed E-state index contributed by atoms with van der Waals surface area (Å²) in [6.45, 7) is 3.48. The van der Waals surface area contributed by atoms with Crippen molar-refractivity contribution in [2.24, 2.45) is 0 Å². The Morgan fingerprint density at radius 2 is 0.930 bits per heavy atom. The zero-order valence-electron chi connectivity index (χ0n) is 28.2. The maximum absolute atomic E-state index is 12.1. The molecule has 1 N–H and O–H groups in total. The summed E-state index contributed by atoms with van der Waals surface area (Å²) in [4.78, 5) is 35.0. The van der Waals surface area contributed by atoms with Gasteiger partial charge in [0.2, 0.25) is 0 Å². The van der Waals surface area contributed by atoms with Crippen LogP contribution in [-0.2, 0) is 23.9 Å². The predicted molar refractivity (Wildman–Crippen MR) is 181 cm³/mol. The average molecular weight is 629 g/mol. The SMILES string of the molecule is CCCCCCCCCCCCCCC(=O)O[C@H](CO)COC(=O)CCCCCCCCCCCCCCCSC(C)=O. The number of unbranched alkanes of at least 4 members (excludes halogenated alkanes) is 23. The number of aliphatic hydroxyl groups is 1. The summed E-state index contributed by atoms with van der Waals surface area (Å²) in [5.41, 5.74) is 0. The van der Waals surface area contributed by atoms with Crippen LogP contribution in [0.1, 0.15) is 187 Å². The molecule has 0 aromatic heterocycles. The third-order valence-corrected chi connectivity index (χ3v) is 8.90. The Bertz CT molecular complexity index is 641. The van der Waals surface area contributed by atoms with Crippen LogP contribution in [0.25, 0.3) is 0 Å². The number of carbonyl (C=O) groups excluding carboxylic acids is 3. The molecule has 0 aliphatic heterocycles. The topological polar surface area (TPSA) is 89.9 Å². The quantitative estimate of drug-likeness (QED) is 0.0571. The molecule has 0 saturated carbocycles.